The minimum Gasteiger partial charge on any atom is -0.481 e. The van der Waals surface area contributed by atoms with Crippen LogP contribution in [0.15, 0.2) is 0 Å². The molecule has 3 atom stereocenters. The molecule has 16 heavy (non-hydrogen) atoms. The average molecular weight is 230 g/mol. The second-order valence-corrected chi connectivity index (χ2v) is 4.88. The molecule has 1 aliphatic heterocycles. The van der Waals surface area contributed by atoms with Crippen LogP contribution in [0.5, 0.6) is 0 Å². The van der Waals surface area contributed by atoms with Crippen molar-refractivity contribution in [1.82, 2.24) is 0 Å². The third-order valence-electron chi connectivity index (χ3n) is 3.68. The quantitative estimate of drug-likeness (QED) is 0.619. The van der Waals surface area contributed by atoms with E-state index in [0.29, 0.717) is 18.9 Å². The number of rotatable bonds is 5. The van der Waals surface area contributed by atoms with E-state index in [2.05, 4.69) is 0 Å². The van der Waals surface area contributed by atoms with Crippen molar-refractivity contribution in [1.29, 1.82) is 0 Å². The largest absolute Gasteiger partial charge is 0.481 e. The van der Waals surface area contributed by atoms with Gasteiger partial charge < -0.3 is 20.1 Å². The molecule has 92 valence electrons. The molecule has 2 fully saturated rings. The molecule has 0 amide bonds. The van der Waals surface area contributed by atoms with Gasteiger partial charge in [-0.25, -0.2) is 0 Å². The van der Waals surface area contributed by atoms with Crippen LogP contribution in [0.1, 0.15) is 25.7 Å². The number of hydrogen-bond acceptors (Lipinski definition) is 4. The third kappa shape index (κ3) is 1.95. The Kier molecular flexibility index (Phi) is 3.19. The number of carboxylic acid groups (broad SMARTS) is 1. The number of carboxylic acids is 1. The zero-order chi connectivity index (χ0) is 11.8. The molecule has 1 aliphatic carbocycles. The molecule has 0 aromatic heterocycles. The number of aliphatic hydroxyl groups excluding tert-OH is 2. The second kappa shape index (κ2) is 4.31. The Morgan fingerprint density at radius 1 is 1.50 bits per heavy atom. The fourth-order valence-corrected chi connectivity index (χ4v) is 2.68. The van der Waals surface area contributed by atoms with Crippen molar-refractivity contribution in [2.24, 2.45) is 11.3 Å². The molecule has 0 radical (unpaired) electrons. The molecule has 5 heteroatoms. The molecule has 3 unspecified atom stereocenters. The van der Waals surface area contributed by atoms with Crippen molar-refractivity contribution in [3.05, 3.63) is 0 Å². The summed E-state index contributed by atoms with van der Waals surface area (Å²) in [6.07, 6.45) is 1.27. The molecule has 2 rings (SSSR count). The fraction of sp³-hybridized carbons (Fsp3) is 0.909. The summed E-state index contributed by atoms with van der Waals surface area (Å²) in [4.78, 5) is 11.4. The molecule has 1 heterocycles. The summed E-state index contributed by atoms with van der Waals surface area (Å²) in [5.41, 5.74) is -0.997. The molecule has 0 aromatic carbocycles. The molecule has 1 saturated heterocycles. The molecular weight excluding hydrogens is 212 g/mol. The van der Waals surface area contributed by atoms with E-state index in [-0.39, 0.29) is 12.5 Å². The van der Waals surface area contributed by atoms with E-state index < -0.39 is 24.1 Å². The van der Waals surface area contributed by atoms with Crippen molar-refractivity contribution >= 4 is 5.97 Å². The molecular formula is C11H18O5. The van der Waals surface area contributed by atoms with Crippen LogP contribution < -0.4 is 0 Å². The van der Waals surface area contributed by atoms with Gasteiger partial charge in [0.15, 0.2) is 0 Å². The minimum absolute atomic E-state index is 0.0833. The third-order valence-corrected chi connectivity index (χ3v) is 3.68. The molecule has 0 spiro atoms. The Labute approximate surface area is 94.0 Å². The van der Waals surface area contributed by atoms with E-state index in [9.17, 15) is 15.0 Å². The van der Waals surface area contributed by atoms with Crippen molar-refractivity contribution < 1.29 is 24.9 Å². The van der Waals surface area contributed by atoms with E-state index in [1.54, 1.807) is 0 Å². The highest BCUT2D eigenvalue weighted by atomic mass is 16.5. The maximum Gasteiger partial charge on any atom is 0.312 e. The molecule has 2 aliphatic rings. The second-order valence-electron chi connectivity index (χ2n) is 4.88. The molecule has 5 nitrogen and oxygen atoms in total. The smallest absolute Gasteiger partial charge is 0.312 e. The predicted molar refractivity (Wildman–Crippen MR) is 54.9 cm³/mol. The van der Waals surface area contributed by atoms with E-state index in [1.807, 2.05) is 0 Å². The zero-order valence-corrected chi connectivity index (χ0v) is 9.13. The van der Waals surface area contributed by atoms with Crippen LogP contribution in [0.25, 0.3) is 0 Å². The maximum absolute atomic E-state index is 11.4. The Bertz CT molecular complexity index is 276. The van der Waals surface area contributed by atoms with E-state index >= 15 is 0 Å². The van der Waals surface area contributed by atoms with Crippen molar-refractivity contribution in [2.45, 2.75) is 37.9 Å². The lowest BCUT2D eigenvalue weighted by Crippen LogP contribution is -2.43. The van der Waals surface area contributed by atoms with E-state index in [0.717, 1.165) is 12.8 Å². The first-order valence-corrected chi connectivity index (χ1v) is 5.74. The average Bonchev–Trinajstić information content (AvgIpc) is 3.00. The lowest BCUT2D eigenvalue weighted by Gasteiger charge is -2.31. The van der Waals surface area contributed by atoms with E-state index in [4.69, 9.17) is 9.84 Å². The van der Waals surface area contributed by atoms with Gasteiger partial charge in [-0.3, -0.25) is 4.79 Å². The summed E-state index contributed by atoms with van der Waals surface area (Å²) in [5.74, 6) is -0.584. The first-order chi connectivity index (χ1) is 7.60. The van der Waals surface area contributed by atoms with E-state index in [1.165, 1.54) is 0 Å². The minimum atomic E-state index is -0.997. The van der Waals surface area contributed by atoms with Crippen LogP contribution in [-0.4, -0.2) is 46.7 Å². The van der Waals surface area contributed by atoms with Gasteiger partial charge in [-0.05, 0) is 31.6 Å². The number of aliphatic carboxylic acids is 1. The lowest BCUT2D eigenvalue weighted by molar-refractivity contribution is -0.156. The Morgan fingerprint density at radius 3 is 2.69 bits per heavy atom. The van der Waals surface area contributed by atoms with Crippen LogP contribution in [0.4, 0.5) is 0 Å². The van der Waals surface area contributed by atoms with Crippen molar-refractivity contribution in [3.63, 3.8) is 0 Å². The fourth-order valence-electron chi connectivity index (χ4n) is 2.68. The molecule has 1 saturated carbocycles. The van der Waals surface area contributed by atoms with Gasteiger partial charge in [-0.15, -0.1) is 0 Å². The summed E-state index contributed by atoms with van der Waals surface area (Å²) in [6.45, 7) is 0.0397. The standard InChI is InChI=1S/C11H18O5/c12-6-8(13)5-11(10(14)15)3-4-16-9(11)7-1-2-7/h7-9,12-13H,1-6H2,(H,14,15). The van der Waals surface area contributed by atoms with Crippen LogP contribution in [-0.2, 0) is 9.53 Å². The van der Waals surface area contributed by atoms with Gasteiger partial charge in [0.25, 0.3) is 0 Å². The SMILES string of the molecule is O=C(O)C1(CC(O)CO)CCOC1C1CC1. The summed E-state index contributed by atoms with van der Waals surface area (Å²) in [5, 5.41) is 27.7. The highest BCUT2D eigenvalue weighted by Crippen LogP contribution is 2.50. The number of ether oxygens (including phenoxy) is 1. The van der Waals surface area contributed by atoms with Crippen LogP contribution in [0, 0.1) is 11.3 Å². The van der Waals surface area contributed by atoms with Gasteiger partial charge in [-0.2, -0.15) is 0 Å². The Morgan fingerprint density at radius 2 is 2.19 bits per heavy atom. The first-order valence-electron chi connectivity index (χ1n) is 5.74. The van der Waals surface area contributed by atoms with Gasteiger partial charge in [-0.1, -0.05) is 0 Å². The van der Waals surface area contributed by atoms with Crippen LogP contribution >= 0.6 is 0 Å². The molecule has 0 aromatic rings. The van der Waals surface area contributed by atoms with Gasteiger partial charge >= 0.3 is 5.97 Å². The maximum atomic E-state index is 11.4. The van der Waals surface area contributed by atoms with Crippen LogP contribution in [0.2, 0.25) is 0 Å². The summed E-state index contributed by atoms with van der Waals surface area (Å²) in [7, 11) is 0. The molecule has 3 N–H and O–H groups in total. The monoisotopic (exact) mass is 230 g/mol. The summed E-state index contributed by atoms with van der Waals surface area (Å²) in [6, 6.07) is 0. The Hall–Kier alpha value is -0.650. The summed E-state index contributed by atoms with van der Waals surface area (Å²) >= 11 is 0. The Balaban J connectivity index is 2.16. The number of aliphatic hydroxyl groups is 2. The zero-order valence-electron chi connectivity index (χ0n) is 9.13. The highest BCUT2D eigenvalue weighted by molar-refractivity contribution is 5.76. The van der Waals surface area contributed by atoms with Crippen LogP contribution in [0.3, 0.4) is 0 Å². The molecule has 0 bridgehead atoms. The van der Waals surface area contributed by atoms with Gasteiger partial charge in [0, 0.05) is 6.61 Å². The first kappa shape index (κ1) is 11.8. The topological polar surface area (TPSA) is 87.0 Å². The predicted octanol–water partition coefficient (Wildman–Crippen LogP) is -0.000400. The lowest BCUT2D eigenvalue weighted by atomic mass is 9.74. The summed E-state index contributed by atoms with van der Waals surface area (Å²) < 4.78 is 5.53. The van der Waals surface area contributed by atoms with Crippen molar-refractivity contribution in [3.8, 4) is 0 Å². The van der Waals surface area contributed by atoms with Gasteiger partial charge in [0.2, 0.25) is 0 Å². The van der Waals surface area contributed by atoms with Crippen molar-refractivity contribution in [2.75, 3.05) is 13.2 Å². The number of hydrogen-bond donors (Lipinski definition) is 3. The normalized spacial score (nSPS) is 36.2. The van der Waals surface area contributed by atoms with Gasteiger partial charge in [0.1, 0.15) is 0 Å². The highest BCUT2D eigenvalue weighted by Gasteiger charge is 2.56. The number of carbonyl (C=O) groups is 1. The van der Waals surface area contributed by atoms with Gasteiger partial charge in [0.05, 0.1) is 24.2 Å².